The van der Waals surface area contributed by atoms with E-state index in [1.54, 1.807) is 31.2 Å². The molecule has 0 atom stereocenters. The first kappa shape index (κ1) is 12.7. The second-order valence-electron chi connectivity index (χ2n) is 3.49. The Morgan fingerprint density at radius 2 is 2.06 bits per heavy atom. The standard InChI is InChI=1S/C11H14O4S/c1-3-15-11(12)10-6-4-5-9(7-10)8-16(2,13)14/h4-7H,3,8H2,1-2H3. The van der Waals surface area contributed by atoms with Crippen molar-refractivity contribution < 1.29 is 17.9 Å². The third kappa shape index (κ3) is 4.02. The molecule has 0 bridgehead atoms. The van der Waals surface area contributed by atoms with E-state index in [9.17, 15) is 13.2 Å². The molecule has 1 rings (SSSR count). The molecule has 0 amide bonds. The van der Waals surface area contributed by atoms with Crippen molar-refractivity contribution in [1.82, 2.24) is 0 Å². The highest BCUT2D eigenvalue weighted by molar-refractivity contribution is 7.89. The molecule has 1 aromatic carbocycles. The van der Waals surface area contributed by atoms with Gasteiger partial charge in [0, 0.05) is 6.26 Å². The molecular formula is C11H14O4S. The SMILES string of the molecule is CCOC(=O)c1cccc(CS(C)(=O)=O)c1. The Hall–Kier alpha value is -1.36. The molecule has 0 aromatic heterocycles. The Morgan fingerprint density at radius 3 is 2.62 bits per heavy atom. The van der Waals surface area contributed by atoms with Gasteiger partial charge in [0.2, 0.25) is 0 Å². The number of ether oxygens (including phenoxy) is 1. The van der Waals surface area contributed by atoms with Gasteiger partial charge >= 0.3 is 5.97 Å². The van der Waals surface area contributed by atoms with Crippen LogP contribution in [0.5, 0.6) is 0 Å². The van der Waals surface area contributed by atoms with Gasteiger partial charge < -0.3 is 4.74 Å². The van der Waals surface area contributed by atoms with Crippen molar-refractivity contribution >= 4 is 15.8 Å². The highest BCUT2D eigenvalue weighted by Crippen LogP contribution is 2.09. The Bertz CT molecular complexity index is 477. The molecule has 0 unspecified atom stereocenters. The van der Waals surface area contributed by atoms with E-state index in [4.69, 9.17) is 4.74 Å². The average Bonchev–Trinajstić information content (AvgIpc) is 2.16. The summed E-state index contributed by atoms with van der Waals surface area (Å²) in [6.45, 7) is 2.02. The number of carbonyl (C=O) groups is 1. The van der Waals surface area contributed by atoms with Gasteiger partial charge in [-0.1, -0.05) is 12.1 Å². The monoisotopic (exact) mass is 242 g/mol. The van der Waals surface area contributed by atoms with Crippen molar-refractivity contribution in [1.29, 1.82) is 0 Å². The highest BCUT2D eigenvalue weighted by Gasteiger charge is 2.09. The molecule has 0 aliphatic carbocycles. The van der Waals surface area contributed by atoms with Crippen LogP contribution in [0.25, 0.3) is 0 Å². The van der Waals surface area contributed by atoms with E-state index in [-0.39, 0.29) is 5.75 Å². The van der Waals surface area contributed by atoms with Gasteiger partial charge in [-0.25, -0.2) is 13.2 Å². The van der Waals surface area contributed by atoms with Crippen LogP contribution >= 0.6 is 0 Å². The van der Waals surface area contributed by atoms with Crippen LogP contribution < -0.4 is 0 Å². The first-order chi connectivity index (χ1) is 7.42. The molecule has 88 valence electrons. The lowest BCUT2D eigenvalue weighted by Crippen LogP contribution is -2.06. The van der Waals surface area contributed by atoms with E-state index in [2.05, 4.69) is 0 Å². The molecule has 0 spiro atoms. The lowest BCUT2D eigenvalue weighted by atomic mass is 10.1. The highest BCUT2D eigenvalue weighted by atomic mass is 32.2. The van der Waals surface area contributed by atoms with E-state index < -0.39 is 15.8 Å². The molecule has 4 nitrogen and oxygen atoms in total. The van der Waals surface area contributed by atoms with Crippen molar-refractivity contribution in [3.63, 3.8) is 0 Å². The first-order valence-electron chi connectivity index (χ1n) is 4.86. The van der Waals surface area contributed by atoms with E-state index in [1.807, 2.05) is 0 Å². The number of hydrogen-bond donors (Lipinski definition) is 0. The molecule has 16 heavy (non-hydrogen) atoms. The zero-order valence-electron chi connectivity index (χ0n) is 9.26. The topological polar surface area (TPSA) is 60.4 Å². The number of sulfone groups is 1. The van der Waals surface area contributed by atoms with Crippen LogP contribution in [-0.2, 0) is 20.3 Å². The molecule has 0 saturated carbocycles. The maximum atomic E-state index is 11.4. The van der Waals surface area contributed by atoms with Gasteiger partial charge in [0.25, 0.3) is 0 Å². The fourth-order valence-electron chi connectivity index (χ4n) is 1.31. The molecule has 0 fully saturated rings. The predicted molar refractivity (Wildman–Crippen MR) is 60.9 cm³/mol. The second-order valence-corrected chi connectivity index (χ2v) is 5.63. The van der Waals surface area contributed by atoms with Crippen molar-refractivity contribution in [2.45, 2.75) is 12.7 Å². The Labute approximate surface area is 95.2 Å². The van der Waals surface area contributed by atoms with Crippen LogP contribution in [0.4, 0.5) is 0 Å². The van der Waals surface area contributed by atoms with Crippen molar-refractivity contribution in [3.05, 3.63) is 35.4 Å². The summed E-state index contributed by atoms with van der Waals surface area (Å²) >= 11 is 0. The number of hydrogen-bond acceptors (Lipinski definition) is 4. The fraction of sp³-hybridized carbons (Fsp3) is 0.364. The minimum absolute atomic E-state index is 0.0692. The van der Waals surface area contributed by atoms with Gasteiger partial charge in [0.1, 0.15) is 0 Å². The maximum absolute atomic E-state index is 11.4. The Morgan fingerprint density at radius 1 is 1.38 bits per heavy atom. The van der Waals surface area contributed by atoms with Crippen molar-refractivity contribution in [2.24, 2.45) is 0 Å². The summed E-state index contributed by atoms with van der Waals surface area (Å²) in [5.74, 6) is -0.502. The summed E-state index contributed by atoms with van der Waals surface area (Å²) in [7, 11) is -3.08. The number of benzene rings is 1. The predicted octanol–water partition coefficient (Wildman–Crippen LogP) is 1.41. The molecule has 0 N–H and O–H groups in total. The Kier molecular flexibility index (Phi) is 4.06. The van der Waals surface area contributed by atoms with Gasteiger partial charge in [-0.05, 0) is 24.6 Å². The molecule has 0 aliphatic heterocycles. The zero-order chi connectivity index (χ0) is 12.2. The summed E-state index contributed by atoms with van der Waals surface area (Å²) in [4.78, 5) is 11.4. The number of carbonyl (C=O) groups excluding carboxylic acids is 1. The third-order valence-electron chi connectivity index (χ3n) is 1.87. The van der Waals surface area contributed by atoms with E-state index in [1.165, 1.54) is 0 Å². The van der Waals surface area contributed by atoms with Gasteiger partial charge in [-0.3, -0.25) is 0 Å². The molecule has 0 heterocycles. The van der Waals surface area contributed by atoms with E-state index in [0.29, 0.717) is 17.7 Å². The summed E-state index contributed by atoms with van der Waals surface area (Å²) in [6.07, 6.45) is 1.16. The van der Waals surface area contributed by atoms with Crippen molar-refractivity contribution in [2.75, 3.05) is 12.9 Å². The van der Waals surface area contributed by atoms with E-state index in [0.717, 1.165) is 6.26 Å². The maximum Gasteiger partial charge on any atom is 0.338 e. The van der Waals surface area contributed by atoms with Crippen LogP contribution in [0, 0.1) is 0 Å². The summed E-state index contributed by atoms with van der Waals surface area (Å²) in [6, 6.07) is 6.46. The van der Waals surface area contributed by atoms with Gasteiger partial charge in [-0.15, -0.1) is 0 Å². The molecule has 0 saturated heterocycles. The summed E-state index contributed by atoms with van der Waals surface area (Å²) < 4.78 is 27.0. The van der Waals surface area contributed by atoms with Crippen LogP contribution in [0.2, 0.25) is 0 Å². The van der Waals surface area contributed by atoms with Crippen molar-refractivity contribution in [3.8, 4) is 0 Å². The third-order valence-corrected chi connectivity index (χ3v) is 2.72. The molecule has 1 aromatic rings. The smallest absolute Gasteiger partial charge is 0.338 e. The normalized spacial score (nSPS) is 11.1. The van der Waals surface area contributed by atoms with Gasteiger partial charge in [0.05, 0.1) is 17.9 Å². The van der Waals surface area contributed by atoms with Gasteiger partial charge in [-0.2, -0.15) is 0 Å². The fourth-order valence-corrected chi connectivity index (χ4v) is 2.09. The lowest BCUT2D eigenvalue weighted by molar-refractivity contribution is 0.0526. The van der Waals surface area contributed by atoms with E-state index >= 15 is 0 Å². The first-order valence-corrected chi connectivity index (χ1v) is 6.92. The zero-order valence-corrected chi connectivity index (χ0v) is 10.1. The molecule has 5 heteroatoms. The largest absolute Gasteiger partial charge is 0.462 e. The molecule has 0 aliphatic rings. The lowest BCUT2D eigenvalue weighted by Gasteiger charge is -2.04. The minimum atomic E-state index is -3.08. The van der Waals surface area contributed by atoms with Crippen LogP contribution in [0.3, 0.4) is 0 Å². The van der Waals surface area contributed by atoms with Gasteiger partial charge in [0.15, 0.2) is 9.84 Å². The summed E-state index contributed by atoms with van der Waals surface area (Å²) in [5.41, 5.74) is 0.969. The summed E-state index contributed by atoms with van der Waals surface area (Å²) in [5, 5.41) is 0. The quantitative estimate of drug-likeness (QED) is 0.749. The second kappa shape index (κ2) is 5.12. The average molecular weight is 242 g/mol. The molecule has 0 radical (unpaired) electrons. The number of rotatable bonds is 4. The number of esters is 1. The van der Waals surface area contributed by atoms with Crippen LogP contribution in [0.15, 0.2) is 24.3 Å². The minimum Gasteiger partial charge on any atom is -0.462 e. The Balaban J connectivity index is 2.91. The van der Waals surface area contributed by atoms with Crippen LogP contribution in [-0.4, -0.2) is 27.2 Å². The molecular weight excluding hydrogens is 228 g/mol. The van der Waals surface area contributed by atoms with Crippen LogP contribution in [0.1, 0.15) is 22.8 Å².